The highest BCUT2D eigenvalue weighted by atomic mass is 32.2. The summed E-state index contributed by atoms with van der Waals surface area (Å²) in [5.74, 6) is -0.0439. The van der Waals surface area contributed by atoms with E-state index in [0.717, 1.165) is 12.1 Å². The molecule has 1 heterocycles. The van der Waals surface area contributed by atoms with Crippen molar-refractivity contribution in [2.24, 2.45) is 0 Å². The molecule has 100 valence electrons. The molecule has 1 aromatic carbocycles. The molecule has 0 bridgehead atoms. The summed E-state index contributed by atoms with van der Waals surface area (Å²) in [5, 5.41) is 9.88. The zero-order chi connectivity index (χ0) is 13.2. The molecular weight excluding hydrogens is 250 g/mol. The van der Waals surface area contributed by atoms with Crippen LogP contribution in [0.3, 0.4) is 0 Å². The lowest BCUT2D eigenvalue weighted by Crippen LogP contribution is -2.42. The van der Waals surface area contributed by atoms with E-state index >= 15 is 0 Å². The van der Waals surface area contributed by atoms with Crippen molar-refractivity contribution in [1.29, 1.82) is 0 Å². The standard InChI is InChI=1S/C13H19NO3S/c1-2-14(8-11-6-4-3-5-7-11)12-9-18(16,17)10-13(12)15/h3-7,12-13,15H,2,8-10H2,1H3/t12-,13+/m1/s1. The molecule has 0 saturated carbocycles. The SMILES string of the molecule is CCN(Cc1ccccc1)[C@@H]1CS(=O)(=O)C[C@@H]1O. The molecule has 0 radical (unpaired) electrons. The van der Waals surface area contributed by atoms with Crippen LogP contribution in [0.4, 0.5) is 0 Å². The molecule has 2 atom stereocenters. The van der Waals surface area contributed by atoms with Crippen molar-refractivity contribution >= 4 is 9.84 Å². The molecule has 1 saturated heterocycles. The first-order valence-electron chi connectivity index (χ1n) is 6.18. The van der Waals surface area contributed by atoms with Gasteiger partial charge in [0.1, 0.15) is 0 Å². The van der Waals surface area contributed by atoms with E-state index in [9.17, 15) is 13.5 Å². The van der Waals surface area contributed by atoms with Crippen LogP contribution in [0.15, 0.2) is 30.3 Å². The van der Waals surface area contributed by atoms with Crippen molar-refractivity contribution in [3.05, 3.63) is 35.9 Å². The van der Waals surface area contributed by atoms with Crippen molar-refractivity contribution < 1.29 is 13.5 Å². The van der Waals surface area contributed by atoms with Gasteiger partial charge in [0.25, 0.3) is 0 Å². The van der Waals surface area contributed by atoms with Crippen molar-refractivity contribution in [1.82, 2.24) is 4.90 Å². The summed E-state index contributed by atoms with van der Waals surface area (Å²) in [7, 11) is -3.08. The van der Waals surface area contributed by atoms with Gasteiger partial charge in [-0.15, -0.1) is 0 Å². The first-order valence-corrected chi connectivity index (χ1v) is 8.00. The Morgan fingerprint density at radius 3 is 2.44 bits per heavy atom. The third-order valence-corrected chi connectivity index (χ3v) is 5.10. The van der Waals surface area contributed by atoms with Crippen LogP contribution < -0.4 is 0 Å². The summed E-state index contributed by atoms with van der Waals surface area (Å²) < 4.78 is 23.1. The molecule has 1 N–H and O–H groups in total. The molecule has 0 amide bonds. The van der Waals surface area contributed by atoms with Gasteiger partial charge < -0.3 is 5.11 Å². The molecule has 0 aliphatic carbocycles. The van der Waals surface area contributed by atoms with Crippen molar-refractivity contribution in [2.75, 3.05) is 18.1 Å². The van der Waals surface area contributed by atoms with Gasteiger partial charge in [-0.05, 0) is 12.1 Å². The van der Waals surface area contributed by atoms with E-state index in [1.54, 1.807) is 0 Å². The normalized spacial score (nSPS) is 26.6. The first kappa shape index (κ1) is 13.5. The third-order valence-electron chi connectivity index (χ3n) is 3.40. The summed E-state index contributed by atoms with van der Waals surface area (Å²) >= 11 is 0. The number of hydrogen-bond acceptors (Lipinski definition) is 4. The number of rotatable bonds is 4. The van der Waals surface area contributed by atoms with Crippen LogP contribution in [0, 0.1) is 0 Å². The average molecular weight is 269 g/mol. The van der Waals surface area contributed by atoms with E-state index in [2.05, 4.69) is 0 Å². The minimum Gasteiger partial charge on any atom is -0.390 e. The Hall–Kier alpha value is -0.910. The zero-order valence-electron chi connectivity index (χ0n) is 10.5. The molecule has 18 heavy (non-hydrogen) atoms. The Morgan fingerprint density at radius 1 is 1.28 bits per heavy atom. The van der Waals surface area contributed by atoms with Crippen LogP contribution in [0.1, 0.15) is 12.5 Å². The summed E-state index contributed by atoms with van der Waals surface area (Å²) in [4.78, 5) is 2.03. The van der Waals surface area contributed by atoms with Crippen molar-refractivity contribution in [2.45, 2.75) is 25.6 Å². The van der Waals surface area contributed by atoms with Gasteiger partial charge >= 0.3 is 0 Å². The number of sulfone groups is 1. The molecule has 4 nitrogen and oxygen atoms in total. The first-order chi connectivity index (χ1) is 8.52. The molecule has 1 fully saturated rings. The van der Waals surface area contributed by atoms with Crippen LogP contribution in [-0.2, 0) is 16.4 Å². The molecule has 5 heteroatoms. The molecule has 0 unspecified atom stereocenters. The van der Waals surface area contributed by atoms with Crippen LogP contribution in [0.2, 0.25) is 0 Å². The van der Waals surface area contributed by atoms with Crippen molar-refractivity contribution in [3.8, 4) is 0 Å². The van der Waals surface area contributed by atoms with Gasteiger partial charge in [0.15, 0.2) is 9.84 Å². The monoisotopic (exact) mass is 269 g/mol. The summed E-state index contributed by atoms with van der Waals surface area (Å²) in [6, 6.07) is 9.63. The maximum absolute atomic E-state index is 11.5. The average Bonchev–Trinajstić information content (AvgIpc) is 2.61. The van der Waals surface area contributed by atoms with Gasteiger partial charge in [-0.1, -0.05) is 37.3 Å². The predicted octanol–water partition coefficient (Wildman–Crippen LogP) is 0.666. The van der Waals surface area contributed by atoms with Gasteiger partial charge in [0.05, 0.1) is 23.7 Å². The maximum Gasteiger partial charge on any atom is 0.154 e. The highest BCUT2D eigenvalue weighted by Crippen LogP contribution is 2.20. The fourth-order valence-electron chi connectivity index (χ4n) is 2.44. The van der Waals surface area contributed by atoms with E-state index in [0.29, 0.717) is 6.54 Å². The number of likely N-dealkylation sites (N-methyl/N-ethyl adjacent to an activating group) is 1. The second kappa shape index (κ2) is 5.38. The smallest absolute Gasteiger partial charge is 0.154 e. The van der Waals surface area contributed by atoms with E-state index in [-0.39, 0.29) is 17.5 Å². The highest BCUT2D eigenvalue weighted by Gasteiger charge is 2.39. The minimum absolute atomic E-state index is 0.0643. The fraction of sp³-hybridized carbons (Fsp3) is 0.538. The third kappa shape index (κ3) is 3.10. The molecular formula is C13H19NO3S. The van der Waals surface area contributed by atoms with Crippen LogP contribution in [0.25, 0.3) is 0 Å². The van der Waals surface area contributed by atoms with Crippen LogP contribution in [-0.4, -0.2) is 48.6 Å². The molecule has 1 aliphatic heterocycles. The molecule has 2 rings (SSSR count). The number of aliphatic hydroxyl groups is 1. The van der Waals surface area contributed by atoms with E-state index in [4.69, 9.17) is 0 Å². The van der Waals surface area contributed by atoms with Gasteiger partial charge in [-0.2, -0.15) is 0 Å². The molecule has 1 aliphatic rings. The van der Waals surface area contributed by atoms with Gasteiger partial charge in [-0.3, -0.25) is 4.90 Å². The molecule has 0 spiro atoms. The summed E-state index contributed by atoms with van der Waals surface area (Å²) in [5.41, 5.74) is 1.14. The van der Waals surface area contributed by atoms with E-state index in [1.165, 1.54) is 0 Å². The second-order valence-electron chi connectivity index (χ2n) is 4.76. The van der Waals surface area contributed by atoms with Gasteiger partial charge in [0, 0.05) is 6.54 Å². The lowest BCUT2D eigenvalue weighted by Gasteiger charge is -2.28. The summed E-state index contributed by atoms with van der Waals surface area (Å²) in [6.45, 7) is 3.39. The predicted molar refractivity (Wildman–Crippen MR) is 71.0 cm³/mol. The maximum atomic E-state index is 11.5. The lowest BCUT2D eigenvalue weighted by molar-refractivity contribution is 0.0819. The van der Waals surface area contributed by atoms with Gasteiger partial charge in [0.2, 0.25) is 0 Å². The largest absolute Gasteiger partial charge is 0.390 e. The number of aliphatic hydroxyl groups excluding tert-OH is 1. The topological polar surface area (TPSA) is 57.6 Å². The zero-order valence-corrected chi connectivity index (χ0v) is 11.3. The molecule has 0 aromatic heterocycles. The van der Waals surface area contributed by atoms with Gasteiger partial charge in [-0.25, -0.2) is 8.42 Å². The second-order valence-corrected chi connectivity index (χ2v) is 6.91. The van der Waals surface area contributed by atoms with Crippen LogP contribution >= 0.6 is 0 Å². The number of nitrogens with zero attached hydrogens (tertiary/aromatic N) is 1. The highest BCUT2D eigenvalue weighted by molar-refractivity contribution is 7.91. The number of hydrogen-bond donors (Lipinski definition) is 1. The number of benzene rings is 1. The summed E-state index contributed by atoms with van der Waals surface area (Å²) in [6.07, 6.45) is -0.765. The fourth-order valence-corrected chi connectivity index (χ4v) is 4.27. The van der Waals surface area contributed by atoms with E-state index in [1.807, 2.05) is 42.2 Å². The Balaban J connectivity index is 2.10. The van der Waals surface area contributed by atoms with E-state index < -0.39 is 15.9 Å². The Bertz CT molecular complexity index is 486. The Morgan fingerprint density at radius 2 is 1.94 bits per heavy atom. The minimum atomic E-state index is -3.08. The van der Waals surface area contributed by atoms with Crippen LogP contribution in [0.5, 0.6) is 0 Å². The lowest BCUT2D eigenvalue weighted by atomic mass is 10.1. The Kier molecular flexibility index (Phi) is 4.04. The molecule has 1 aromatic rings. The van der Waals surface area contributed by atoms with Crippen molar-refractivity contribution in [3.63, 3.8) is 0 Å². The quantitative estimate of drug-likeness (QED) is 0.872. The Labute approximate surface area is 108 Å².